The maximum atomic E-state index is 5.98. The summed E-state index contributed by atoms with van der Waals surface area (Å²) in [5, 5.41) is 0. The van der Waals surface area contributed by atoms with Gasteiger partial charge in [-0.2, -0.15) is 0 Å². The van der Waals surface area contributed by atoms with E-state index in [1.54, 1.807) is 6.20 Å². The SMILES string of the molecule is CCc1ccc(Oc2ccc(CCl)cn2)c(C(C)(C)C)c1. The predicted molar refractivity (Wildman–Crippen MR) is 88.4 cm³/mol. The lowest BCUT2D eigenvalue weighted by molar-refractivity contribution is 0.439. The van der Waals surface area contributed by atoms with Crippen molar-refractivity contribution in [2.24, 2.45) is 0 Å². The largest absolute Gasteiger partial charge is 0.439 e. The van der Waals surface area contributed by atoms with Crippen LogP contribution in [0.2, 0.25) is 0 Å². The van der Waals surface area contributed by atoms with Crippen LogP contribution in [-0.4, -0.2) is 4.98 Å². The van der Waals surface area contributed by atoms with E-state index in [4.69, 9.17) is 16.3 Å². The van der Waals surface area contributed by atoms with E-state index in [-0.39, 0.29) is 5.41 Å². The van der Waals surface area contributed by atoms with Crippen LogP contribution in [0.25, 0.3) is 0 Å². The standard InChI is InChI=1S/C18H22ClNO/c1-5-13-6-8-16(15(10-13)18(2,3)4)21-17-9-7-14(11-19)12-20-17/h6-10,12H,5,11H2,1-4H3. The van der Waals surface area contributed by atoms with Crippen LogP contribution in [-0.2, 0) is 17.7 Å². The third kappa shape index (κ3) is 3.98. The first-order valence-electron chi connectivity index (χ1n) is 7.26. The summed E-state index contributed by atoms with van der Waals surface area (Å²) in [5.74, 6) is 1.93. The first kappa shape index (κ1) is 15.8. The summed E-state index contributed by atoms with van der Waals surface area (Å²) in [7, 11) is 0. The van der Waals surface area contributed by atoms with Gasteiger partial charge in [0.2, 0.25) is 5.88 Å². The smallest absolute Gasteiger partial charge is 0.219 e. The van der Waals surface area contributed by atoms with E-state index in [0.717, 1.165) is 17.7 Å². The molecule has 0 aliphatic rings. The number of rotatable bonds is 4. The Morgan fingerprint density at radius 1 is 1.10 bits per heavy atom. The molecular formula is C18H22ClNO. The summed E-state index contributed by atoms with van der Waals surface area (Å²) in [5.41, 5.74) is 3.53. The molecule has 1 aromatic carbocycles. The average molecular weight is 304 g/mol. The maximum Gasteiger partial charge on any atom is 0.219 e. The number of aryl methyl sites for hydroxylation is 1. The van der Waals surface area contributed by atoms with Crippen LogP contribution in [0.4, 0.5) is 0 Å². The molecule has 112 valence electrons. The second-order valence-electron chi connectivity index (χ2n) is 6.17. The van der Waals surface area contributed by atoms with Crippen molar-refractivity contribution in [2.45, 2.75) is 45.4 Å². The molecule has 0 bridgehead atoms. The van der Waals surface area contributed by atoms with Crippen molar-refractivity contribution in [3.8, 4) is 11.6 Å². The van der Waals surface area contributed by atoms with Gasteiger partial charge in [0.1, 0.15) is 5.75 Å². The Hall–Kier alpha value is -1.54. The van der Waals surface area contributed by atoms with Crippen LogP contribution in [0.3, 0.4) is 0 Å². The van der Waals surface area contributed by atoms with Crippen molar-refractivity contribution >= 4 is 11.6 Å². The monoisotopic (exact) mass is 303 g/mol. The number of nitrogens with zero attached hydrogens (tertiary/aromatic N) is 1. The molecule has 3 heteroatoms. The van der Waals surface area contributed by atoms with Gasteiger partial charge in [-0.25, -0.2) is 4.98 Å². The predicted octanol–water partition coefficient (Wildman–Crippen LogP) is 5.47. The van der Waals surface area contributed by atoms with Crippen LogP contribution < -0.4 is 4.74 Å². The van der Waals surface area contributed by atoms with E-state index in [1.807, 2.05) is 18.2 Å². The highest BCUT2D eigenvalue weighted by Crippen LogP contribution is 2.34. The van der Waals surface area contributed by atoms with Crippen molar-refractivity contribution in [1.82, 2.24) is 4.98 Å². The van der Waals surface area contributed by atoms with Gasteiger partial charge >= 0.3 is 0 Å². The van der Waals surface area contributed by atoms with Crippen molar-refractivity contribution in [2.75, 3.05) is 0 Å². The Labute approximate surface area is 132 Å². The number of hydrogen-bond acceptors (Lipinski definition) is 2. The Morgan fingerprint density at radius 2 is 1.81 bits per heavy atom. The molecule has 0 saturated heterocycles. The summed E-state index contributed by atoms with van der Waals surface area (Å²) < 4.78 is 5.98. The summed E-state index contributed by atoms with van der Waals surface area (Å²) >= 11 is 5.78. The quantitative estimate of drug-likeness (QED) is 0.698. The van der Waals surface area contributed by atoms with Crippen LogP contribution in [0, 0.1) is 0 Å². The normalized spacial score (nSPS) is 11.5. The second-order valence-corrected chi connectivity index (χ2v) is 6.44. The van der Waals surface area contributed by atoms with E-state index in [1.165, 1.54) is 11.1 Å². The van der Waals surface area contributed by atoms with Crippen LogP contribution >= 0.6 is 11.6 Å². The average Bonchev–Trinajstić information content (AvgIpc) is 2.47. The van der Waals surface area contributed by atoms with Crippen molar-refractivity contribution < 1.29 is 4.74 Å². The Kier molecular flexibility index (Phi) is 4.89. The molecule has 0 N–H and O–H groups in total. The third-order valence-corrected chi connectivity index (χ3v) is 3.74. The molecule has 0 unspecified atom stereocenters. The van der Waals surface area contributed by atoms with Crippen molar-refractivity contribution in [1.29, 1.82) is 0 Å². The molecule has 0 amide bonds. The van der Waals surface area contributed by atoms with Crippen LogP contribution in [0.5, 0.6) is 11.6 Å². The minimum Gasteiger partial charge on any atom is -0.439 e. The molecule has 2 rings (SSSR count). The zero-order valence-electron chi connectivity index (χ0n) is 13.1. The molecule has 1 heterocycles. The molecule has 0 spiro atoms. The van der Waals surface area contributed by atoms with E-state index >= 15 is 0 Å². The highest BCUT2D eigenvalue weighted by Gasteiger charge is 2.20. The molecule has 2 nitrogen and oxygen atoms in total. The van der Waals surface area contributed by atoms with E-state index in [9.17, 15) is 0 Å². The highest BCUT2D eigenvalue weighted by molar-refractivity contribution is 6.17. The lowest BCUT2D eigenvalue weighted by Gasteiger charge is -2.23. The van der Waals surface area contributed by atoms with Gasteiger partial charge in [-0.3, -0.25) is 0 Å². The molecule has 0 fully saturated rings. The number of benzene rings is 1. The van der Waals surface area contributed by atoms with Crippen LogP contribution in [0.15, 0.2) is 36.5 Å². The minimum absolute atomic E-state index is 0.0244. The summed E-state index contributed by atoms with van der Waals surface area (Å²) in [6.45, 7) is 8.74. The first-order valence-corrected chi connectivity index (χ1v) is 7.79. The lowest BCUT2D eigenvalue weighted by Crippen LogP contribution is -2.13. The summed E-state index contributed by atoms with van der Waals surface area (Å²) in [6, 6.07) is 10.2. The van der Waals surface area contributed by atoms with E-state index < -0.39 is 0 Å². The fraction of sp³-hybridized carbons (Fsp3) is 0.389. The molecule has 0 saturated carbocycles. The highest BCUT2D eigenvalue weighted by atomic mass is 35.5. The van der Waals surface area contributed by atoms with E-state index in [0.29, 0.717) is 11.8 Å². The van der Waals surface area contributed by atoms with Gasteiger partial charge in [0.15, 0.2) is 0 Å². The Balaban J connectivity index is 2.34. The van der Waals surface area contributed by atoms with Gasteiger partial charge in [0, 0.05) is 23.7 Å². The number of aromatic nitrogens is 1. The van der Waals surface area contributed by atoms with Gasteiger partial charge in [-0.05, 0) is 29.0 Å². The summed E-state index contributed by atoms with van der Waals surface area (Å²) in [6.07, 6.45) is 2.77. The number of alkyl halides is 1. The van der Waals surface area contributed by atoms with Gasteiger partial charge in [-0.1, -0.05) is 45.9 Å². The van der Waals surface area contributed by atoms with Gasteiger partial charge < -0.3 is 4.74 Å². The summed E-state index contributed by atoms with van der Waals surface area (Å²) in [4.78, 5) is 4.30. The molecule has 0 aliphatic heterocycles. The Morgan fingerprint density at radius 3 is 2.33 bits per heavy atom. The maximum absolute atomic E-state index is 5.98. The number of halogens is 1. The minimum atomic E-state index is 0.0244. The lowest BCUT2D eigenvalue weighted by atomic mass is 9.85. The third-order valence-electron chi connectivity index (χ3n) is 3.43. The molecule has 2 aromatic rings. The zero-order valence-corrected chi connectivity index (χ0v) is 13.9. The first-order chi connectivity index (χ1) is 9.94. The Bertz CT molecular complexity index is 600. The molecule has 21 heavy (non-hydrogen) atoms. The zero-order chi connectivity index (χ0) is 15.5. The molecule has 0 radical (unpaired) electrons. The fourth-order valence-electron chi connectivity index (χ4n) is 2.14. The topological polar surface area (TPSA) is 22.1 Å². The van der Waals surface area contributed by atoms with Crippen molar-refractivity contribution in [3.05, 3.63) is 53.2 Å². The van der Waals surface area contributed by atoms with Gasteiger partial charge in [-0.15, -0.1) is 11.6 Å². The second kappa shape index (κ2) is 6.48. The molecule has 0 atom stereocenters. The van der Waals surface area contributed by atoms with Crippen molar-refractivity contribution in [3.63, 3.8) is 0 Å². The molecular weight excluding hydrogens is 282 g/mol. The van der Waals surface area contributed by atoms with Gasteiger partial charge in [0.25, 0.3) is 0 Å². The number of hydrogen-bond donors (Lipinski definition) is 0. The fourth-order valence-corrected chi connectivity index (χ4v) is 2.29. The number of pyridine rings is 1. The molecule has 0 aliphatic carbocycles. The molecule has 1 aromatic heterocycles. The van der Waals surface area contributed by atoms with Gasteiger partial charge in [0.05, 0.1) is 0 Å². The number of ether oxygens (including phenoxy) is 1. The van der Waals surface area contributed by atoms with Crippen LogP contribution in [0.1, 0.15) is 44.4 Å². The van der Waals surface area contributed by atoms with E-state index in [2.05, 4.69) is 44.8 Å².